The summed E-state index contributed by atoms with van der Waals surface area (Å²) in [5.41, 5.74) is 1.30. The Morgan fingerprint density at radius 1 is 1.18 bits per heavy atom. The van der Waals surface area contributed by atoms with Gasteiger partial charge in [0.25, 0.3) is 0 Å². The van der Waals surface area contributed by atoms with E-state index in [0.717, 1.165) is 11.8 Å². The Morgan fingerprint density at radius 3 is 2.35 bits per heavy atom. The largest absolute Gasteiger partial charge is 0.508 e. The van der Waals surface area contributed by atoms with Crippen LogP contribution in [0.25, 0.3) is 0 Å². The van der Waals surface area contributed by atoms with Crippen LogP contribution < -0.4 is 5.32 Å². The Hall–Kier alpha value is -1.06. The van der Waals surface area contributed by atoms with Gasteiger partial charge >= 0.3 is 0 Å². The number of aromatic hydroxyl groups is 1. The Bertz CT molecular complexity index is 378. The van der Waals surface area contributed by atoms with Crippen LogP contribution >= 0.6 is 0 Å². The minimum atomic E-state index is 0.350. The number of benzene rings is 1. The molecule has 3 unspecified atom stereocenters. The molecule has 92 valence electrons. The van der Waals surface area contributed by atoms with Gasteiger partial charge in [-0.25, -0.2) is 0 Å². The first-order chi connectivity index (χ1) is 8.24. The lowest BCUT2D eigenvalue weighted by Crippen LogP contribution is -2.28. The zero-order valence-corrected chi connectivity index (χ0v) is 10.3. The summed E-state index contributed by atoms with van der Waals surface area (Å²) in [5.74, 6) is 2.03. The fraction of sp³-hybridized carbons (Fsp3) is 0.571. The van der Waals surface area contributed by atoms with Crippen molar-refractivity contribution in [2.45, 2.75) is 13.0 Å². The molecule has 1 aromatic rings. The van der Waals surface area contributed by atoms with E-state index in [1.807, 2.05) is 12.1 Å². The van der Waals surface area contributed by atoms with Gasteiger partial charge in [0.2, 0.25) is 0 Å². The lowest BCUT2D eigenvalue weighted by atomic mass is 10.0. The van der Waals surface area contributed by atoms with E-state index in [4.69, 9.17) is 0 Å². The lowest BCUT2D eigenvalue weighted by Gasteiger charge is -2.25. The molecule has 3 heteroatoms. The minimum absolute atomic E-state index is 0.350. The second-order valence-corrected chi connectivity index (χ2v) is 5.40. The second-order valence-electron chi connectivity index (χ2n) is 5.40. The van der Waals surface area contributed by atoms with Crippen molar-refractivity contribution in [3.05, 3.63) is 29.8 Å². The zero-order chi connectivity index (χ0) is 11.8. The Kier molecular flexibility index (Phi) is 2.81. The Labute approximate surface area is 102 Å². The van der Waals surface area contributed by atoms with E-state index < -0.39 is 0 Å². The molecule has 0 radical (unpaired) electrons. The molecule has 2 fully saturated rings. The van der Waals surface area contributed by atoms with Crippen molar-refractivity contribution in [2.75, 3.05) is 26.2 Å². The van der Waals surface area contributed by atoms with Gasteiger partial charge in [0.1, 0.15) is 5.75 Å². The molecule has 3 nitrogen and oxygen atoms in total. The highest BCUT2D eigenvalue weighted by Crippen LogP contribution is 2.33. The van der Waals surface area contributed by atoms with Crippen molar-refractivity contribution in [3.8, 4) is 5.75 Å². The summed E-state index contributed by atoms with van der Waals surface area (Å²) in [6.07, 6.45) is 0. The van der Waals surface area contributed by atoms with Crippen LogP contribution in [-0.2, 0) is 0 Å². The molecular formula is C14H20N2O. The van der Waals surface area contributed by atoms with Crippen molar-refractivity contribution in [3.63, 3.8) is 0 Å². The molecule has 0 aromatic heterocycles. The molecule has 17 heavy (non-hydrogen) atoms. The maximum atomic E-state index is 9.31. The number of likely N-dealkylation sites (tertiary alicyclic amines) is 1. The summed E-state index contributed by atoms with van der Waals surface area (Å²) in [4.78, 5) is 2.57. The van der Waals surface area contributed by atoms with Crippen molar-refractivity contribution in [1.82, 2.24) is 10.2 Å². The average molecular weight is 232 g/mol. The highest BCUT2D eigenvalue weighted by atomic mass is 16.3. The molecule has 0 spiro atoms. The summed E-state index contributed by atoms with van der Waals surface area (Å²) in [7, 11) is 0. The molecule has 1 aromatic carbocycles. The third-order valence-corrected chi connectivity index (χ3v) is 4.34. The highest BCUT2D eigenvalue weighted by Gasteiger charge is 2.37. The van der Waals surface area contributed by atoms with Crippen molar-refractivity contribution < 1.29 is 5.11 Å². The summed E-state index contributed by atoms with van der Waals surface area (Å²) in [5, 5.41) is 12.8. The first-order valence-electron chi connectivity index (χ1n) is 6.48. The molecular weight excluding hydrogens is 212 g/mol. The number of rotatable bonds is 2. The Balaban J connectivity index is 1.70. The van der Waals surface area contributed by atoms with E-state index in [1.54, 1.807) is 12.1 Å². The number of phenols is 1. The van der Waals surface area contributed by atoms with E-state index in [2.05, 4.69) is 17.1 Å². The topological polar surface area (TPSA) is 35.5 Å². The monoisotopic (exact) mass is 232 g/mol. The molecule has 2 aliphatic rings. The van der Waals surface area contributed by atoms with E-state index >= 15 is 0 Å². The lowest BCUT2D eigenvalue weighted by molar-refractivity contribution is 0.244. The highest BCUT2D eigenvalue weighted by molar-refractivity contribution is 5.28. The SMILES string of the molecule is CC(c1ccc(O)cc1)N1CC2CNCC2C1. The van der Waals surface area contributed by atoms with E-state index in [9.17, 15) is 5.11 Å². The van der Waals surface area contributed by atoms with E-state index in [1.165, 1.54) is 31.7 Å². The zero-order valence-electron chi connectivity index (χ0n) is 10.3. The standard InChI is InChI=1S/C14H20N2O/c1-10(11-2-4-14(17)5-3-11)16-8-12-6-15-7-13(12)9-16/h2-5,10,12-13,15,17H,6-9H2,1H3. The van der Waals surface area contributed by atoms with Crippen LogP contribution in [0.1, 0.15) is 18.5 Å². The van der Waals surface area contributed by atoms with Crippen molar-refractivity contribution >= 4 is 0 Å². The maximum Gasteiger partial charge on any atom is 0.115 e. The number of hydrogen-bond acceptors (Lipinski definition) is 3. The molecule has 3 rings (SSSR count). The van der Waals surface area contributed by atoms with Crippen molar-refractivity contribution in [1.29, 1.82) is 0 Å². The smallest absolute Gasteiger partial charge is 0.115 e. The van der Waals surface area contributed by atoms with Crippen LogP contribution in [0.4, 0.5) is 0 Å². The molecule has 0 amide bonds. The van der Waals surface area contributed by atoms with Gasteiger partial charge in [0, 0.05) is 19.1 Å². The number of nitrogens with one attached hydrogen (secondary N) is 1. The fourth-order valence-electron chi connectivity index (χ4n) is 3.17. The number of nitrogens with zero attached hydrogens (tertiary/aromatic N) is 1. The normalized spacial score (nSPS) is 30.4. The van der Waals surface area contributed by atoms with Gasteiger partial charge in [0.05, 0.1) is 0 Å². The molecule has 2 N–H and O–H groups in total. The Morgan fingerprint density at radius 2 is 1.76 bits per heavy atom. The van der Waals surface area contributed by atoms with Gasteiger partial charge in [-0.3, -0.25) is 4.90 Å². The summed E-state index contributed by atoms with van der Waals surface area (Å²) >= 11 is 0. The summed E-state index contributed by atoms with van der Waals surface area (Å²) in [6, 6.07) is 8.09. The maximum absolute atomic E-state index is 9.31. The molecule has 0 aliphatic carbocycles. The third-order valence-electron chi connectivity index (χ3n) is 4.34. The van der Waals surface area contributed by atoms with E-state index in [-0.39, 0.29) is 0 Å². The average Bonchev–Trinajstić information content (AvgIpc) is 2.89. The van der Waals surface area contributed by atoms with Gasteiger partial charge in [0.15, 0.2) is 0 Å². The summed E-state index contributed by atoms with van der Waals surface area (Å²) < 4.78 is 0. The van der Waals surface area contributed by atoms with Gasteiger partial charge in [-0.05, 0) is 49.5 Å². The number of hydrogen-bond donors (Lipinski definition) is 2. The molecule has 2 aliphatic heterocycles. The molecule has 0 saturated carbocycles. The first kappa shape index (κ1) is 11.1. The minimum Gasteiger partial charge on any atom is -0.508 e. The van der Waals surface area contributed by atoms with E-state index in [0.29, 0.717) is 11.8 Å². The fourth-order valence-corrected chi connectivity index (χ4v) is 3.17. The van der Waals surface area contributed by atoms with Crippen LogP contribution in [0.3, 0.4) is 0 Å². The second kappa shape index (κ2) is 4.31. The number of fused-ring (bicyclic) bond motifs is 1. The molecule has 2 heterocycles. The quantitative estimate of drug-likeness (QED) is 0.813. The predicted molar refractivity (Wildman–Crippen MR) is 67.9 cm³/mol. The molecule has 3 atom stereocenters. The predicted octanol–water partition coefficient (Wildman–Crippen LogP) is 1.60. The molecule has 0 bridgehead atoms. The van der Waals surface area contributed by atoms with Crippen molar-refractivity contribution in [2.24, 2.45) is 11.8 Å². The number of phenolic OH excluding ortho intramolecular Hbond substituents is 1. The van der Waals surface area contributed by atoms with Crippen LogP contribution in [-0.4, -0.2) is 36.2 Å². The van der Waals surface area contributed by atoms with Gasteiger partial charge in [-0.2, -0.15) is 0 Å². The molecule has 2 saturated heterocycles. The van der Waals surface area contributed by atoms with Crippen LogP contribution in [0.15, 0.2) is 24.3 Å². The van der Waals surface area contributed by atoms with Crippen LogP contribution in [0, 0.1) is 11.8 Å². The van der Waals surface area contributed by atoms with Crippen LogP contribution in [0.2, 0.25) is 0 Å². The third kappa shape index (κ3) is 2.05. The van der Waals surface area contributed by atoms with Gasteiger partial charge < -0.3 is 10.4 Å². The van der Waals surface area contributed by atoms with Gasteiger partial charge in [-0.1, -0.05) is 12.1 Å². The van der Waals surface area contributed by atoms with Crippen LogP contribution in [0.5, 0.6) is 5.75 Å². The van der Waals surface area contributed by atoms with Gasteiger partial charge in [-0.15, -0.1) is 0 Å². The summed E-state index contributed by atoms with van der Waals surface area (Å²) in [6.45, 7) is 7.05. The first-order valence-corrected chi connectivity index (χ1v) is 6.48.